The Hall–Kier alpha value is -1.10. The largest absolute Gasteiger partial charge is 0.481 e. The summed E-state index contributed by atoms with van der Waals surface area (Å²) >= 11 is 0. The number of nitrogens with zero attached hydrogens (tertiary/aromatic N) is 1. The number of likely N-dealkylation sites (tertiary alicyclic amines) is 1. The van der Waals surface area contributed by atoms with Crippen molar-refractivity contribution in [2.24, 2.45) is 17.6 Å². The van der Waals surface area contributed by atoms with Crippen LogP contribution in [0.5, 0.6) is 0 Å². The maximum atomic E-state index is 12.3. The molecule has 3 N–H and O–H groups in total. The van der Waals surface area contributed by atoms with Gasteiger partial charge < -0.3 is 15.7 Å². The number of hydrogen-bond donors (Lipinski definition) is 2. The Labute approximate surface area is 115 Å². The monoisotopic (exact) mass is 270 g/mol. The van der Waals surface area contributed by atoms with Crippen LogP contribution in [-0.2, 0) is 9.59 Å². The van der Waals surface area contributed by atoms with Crippen LogP contribution in [0.2, 0.25) is 0 Å². The van der Waals surface area contributed by atoms with Crippen LogP contribution in [0.4, 0.5) is 0 Å². The van der Waals surface area contributed by atoms with E-state index in [4.69, 9.17) is 10.8 Å². The molecule has 1 heterocycles. The van der Waals surface area contributed by atoms with Crippen LogP contribution in [0.15, 0.2) is 0 Å². The van der Waals surface area contributed by atoms with E-state index >= 15 is 0 Å². The molecule has 0 aliphatic carbocycles. The van der Waals surface area contributed by atoms with Crippen molar-refractivity contribution in [3.63, 3.8) is 0 Å². The third kappa shape index (κ3) is 4.82. The van der Waals surface area contributed by atoms with Gasteiger partial charge >= 0.3 is 5.97 Å². The van der Waals surface area contributed by atoms with Crippen molar-refractivity contribution >= 4 is 11.9 Å². The molecule has 1 amide bonds. The molecule has 1 rings (SSSR count). The Bertz CT molecular complexity index is 320. The first kappa shape index (κ1) is 16.0. The first-order chi connectivity index (χ1) is 8.95. The van der Waals surface area contributed by atoms with E-state index in [1.165, 1.54) is 0 Å². The van der Waals surface area contributed by atoms with Crippen LogP contribution in [-0.4, -0.2) is 41.0 Å². The van der Waals surface area contributed by atoms with Gasteiger partial charge in [-0.2, -0.15) is 0 Å². The van der Waals surface area contributed by atoms with E-state index in [9.17, 15) is 9.59 Å². The number of amides is 1. The second-order valence-electron chi connectivity index (χ2n) is 5.64. The van der Waals surface area contributed by atoms with Gasteiger partial charge in [-0.1, -0.05) is 20.3 Å². The SMILES string of the molecule is CC[C@H](C)[C@H](N)C(=O)N1CCCC(CCC(=O)O)C1. The maximum absolute atomic E-state index is 12.3. The summed E-state index contributed by atoms with van der Waals surface area (Å²) in [6.07, 6.45) is 3.68. The first-order valence-electron chi connectivity index (χ1n) is 7.21. The number of carbonyl (C=O) groups excluding carboxylic acids is 1. The third-order valence-corrected chi connectivity index (χ3v) is 4.14. The van der Waals surface area contributed by atoms with E-state index in [0.29, 0.717) is 18.9 Å². The van der Waals surface area contributed by atoms with Gasteiger partial charge in [-0.15, -0.1) is 0 Å². The van der Waals surface area contributed by atoms with Gasteiger partial charge in [0.05, 0.1) is 6.04 Å². The van der Waals surface area contributed by atoms with Gasteiger partial charge in [0.15, 0.2) is 0 Å². The Morgan fingerprint density at radius 1 is 1.47 bits per heavy atom. The number of nitrogens with two attached hydrogens (primary N) is 1. The van der Waals surface area contributed by atoms with Crippen molar-refractivity contribution in [3.05, 3.63) is 0 Å². The summed E-state index contributed by atoms with van der Waals surface area (Å²) in [5.74, 6) is -0.251. The average Bonchev–Trinajstić information content (AvgIpc) is 2.42. The minimum absolute atomic E-state index is 0.0226. The molecule has 110 valence electrons. The smallest absolute Gasteiger partial charge is 0.303 e. The lowest BCUT2D eigenvalue weighted by Gasteiger charge is -2.35. The maximum Gasteiger partial charge on any atom is 0.303 e. The number of aliphatic carboxylic acids is 1. The van der Waals surface area contributed by atoms with E-state index in [0.717, 1.165) is 25.8 Å². The van der Waals surface area contributed by atoms with Gasteiger partial charge in [0.2, 0.25) is 5.91 Å². The van der Waals surface area contributed by atoms with E-state index in [2.05, 4.69) is 0 Å². The minimum atomic E-state index is -0.764. The number of carbonyl (C=O) groups is 2. The lowest BCUT2D eigenvalue weighted by molar-refractivity contribution is -0.137. The van der Waals surface area contributed by atoms with Gasteiger partial charge in [-0.05, 0) is 31.1 Å². The fourth-order valence-corrected chi connectivity index (χ4v) is 2.54. The van der Waals surface area contributed by atoms with Crippen LogP contribution >= 0.6 is 0 Å². The highest BCUT2D eigenvalue weighted by atomic mass is 16.4. The average molecular weight is 270 g/mol. The minimum Gasteiger partial charge on any atom is -0.481 e. The van der Waals surface area contributed by atoms with Crippen LogP contribution < -0.4 is 5.73 Å². The highest BCUT2D eigenvalue weighted by molar-refractivity contribution is 5.82. The van der Waals surface area contributed by atoms with Crippen molar-refractivity contribution < 1.29 is 14.7 Å². The molecular formula is C14H26N2O3. The molecular weight excluding hydrogens is 244 g/mol. The molecule has 0 bridgehead atoms. The lowest BCUT2D eigenvalue weighted by Crippen LogP contribution is -2.50. The summed E-state index contributed by atoms with van der Waals surface area (Å²) in [4.78, 5) is 24.7. The molecule has 5 heteroatoms. The highest BCUT2D eigenvalue weighted by Gasteiger charge is 2.29. The molecule has 0 spiro atoms. The summed E-state index contributed by atoms with van der Waals surface area (Å²) in [5.41, 5.74) is 5.98. The molecule has 1 aliphatic heterocycles. The van der Waals surface area contributed by atoms with Crippen molar-refractivity contribution in [2.75, 3.05) is 13.1 Å². The summed E-state index contributed by atoms with van der Waals surface area (Å²) < 4.78 is 0. The second kappa shape index (κ2) is 7.48. The van der Waals surface area contributed by atoms with Crippen LogP contribution in [0.1, 0.15) is 46.0 Å². The molecule has 0 aromatic heterocycles. The highest BCUT2D eigenvalue weighted by Crippen LogP contribution is 2.22. The number of carboxylic acids is 1. The Kier molecular flexibility index (Phi) is 6.28. The summed E-state index contributed by atoms with van der Waals surface area (Å²) in [5, 5.41) is 8.71. The molecule has 0 radical (unpaired) electrons. The topological polar surface area (TPSA) is 83.6 Å². The Morgan fingerprint density at radius 3 is 2.74 bits per heavy atom. The van der Waals surface area contributed by atoms with Gasteiger partial charge in [-0.25, -0.2) is 0 Å². The molecule has 0 saturated carbocycles. The number of piperidine rings is 1. The Balaban J connectivity index is 2.49. The molecule has 3 atom stereocenters. The molecule has 1 fully saturated rings. The van der Waals surface area contributed by atoms with E-state index in [1.807, 2.05) is 18.7 Å². The van der Waals surface area contributed by atoms with Gasteiger partial charge in [0.1, 0.15) is 0 Å². The molecule has 19 heavy (non-hydrogen) atoms. The van der Waals surface area contributed by atoms with Gasteiger partial charge in [0.25, 0.3) is 0 Å². The Morgan fingerprint density at radius 2 is 2.16 bits per heavy atom. The summed E-state index contributed by atoms with van der Waals surface area (Å²) in [6, 6.07) is -0.428. The number of hydrogen-bond acceptors (Lipinski definition) is 3. The lowest BCUT2D eigenvalue weighted by atomic mass is 9.91. The summed E-state index contributed by atoms with van der Waals surface area (Å²) in [6.45, 7) is 5.45. The zero-order valence-electron chi connectivity index (χ0n) is 12.0. The fraction of sp³-hybridized carbons (Fsp3) is 0.857. The van der Waals surface area contributed by atoms with Gasteiger partial charge in [-0.3, -0.25) is 9.59 Å². The summed E-state index contributed by atoms with van der Waals surface area (Å²) in [7, 11) is 0. The number of carboxylic acid groups (broad SMARTS) is 1. The normalized spacial score (nSPS) is 22.9. The van der Waals surface area contributed by atoms with E-state index in [-0.39, 0.29) is 18.2 Å². The molecule has 0 aromatic carbocycles. The molecule has 5 nitrogen and oxygen atoms in total. The first-order valence-corrected chi connectivity index (χ1v) is 7.21. The van der Waals surface area contributed by atoms with Crippen LogP contribution in [0.3, 0.4) is 0 Å². The van der Waals surface area contributed by atoms with Crippen molar-refractivity contribution in [1.29, 1.82) is 0 Å². The molecule has 1 unspecified atom stereocenters. The zero-order valence-corrected chi connectivity index (χ0v) is 12.0. The molecule has 1 aliphatic rings. The fourth-order valence-electron chi connectivity index (χ4n) is 2.54. The second-order valence-corrected chi connectivity index (χ2v) is 5.64. The third-order valence-electron chi connectivity index (χ3n) is 4.14. The van der Waals surface area contributed by atoms with Crippen molar-refractivity contribution in [3.8, 4) is 0 Å². The van der Waals surface area contributed by atoms with Crippen LogP contribution in [0, 0.1) is 11.8 Å². The van der Waals surface area contributed by atoms with Crippen molar-refractivity contribution in [2.45, 2.75) is 52.0 Å². The predicted octanol–water partition coefficient (Wildman–Crippen LogP) is 1.46. The predicted molar refractivity (Wildman–Crippen MR) is 73.6 cm³/mol. The van der Waals surface area contributed by atoms with Crippen molar-refractivity contribution in [1.82, 2.24) is 4.90 Å². The zero-order chi connectivity index (χ0) is 14.4. The van der Waals surface area contributed by atoms with E-state index in [1.54, 1.807) is 0 Å². The van der Waals surface area contributed by atoms with Crippen LogP contribution in [0.25, 0.3) is 0 Å². The quantitative estimate of drug-likeness (QED) is 0.765. The van der Waals surface area contributed by atoms with Gasteiger partial charge in [0, 0.05) is 19.5 Å². The van der Waals surface area contributed by atoms with E-state index < -0.39 is 12.0 Å². The standard InChI is InChI=1S/C14H26N2O3/c1-3-10(2)13(15)14(19)16-8-4-5-11(9-16)6-7-12(17)18/h10-11,13H,3-9,15H2,1-2H3,(H,17,18)/t10-,11?,13-/m0/s1. The molecule has 1 saturated heterocycles. The molecule has 0 aromatic rings. The number of rotatable bonds is 6.